The van der Waals surface area contributed by atoms with Crippen LogP contribution >= 0.6 is 11.3 Å². The second-order valence-corrected chi connectivity index (χ2v) is 11.6. The number of rotatable bonds is 6. The molecule has 1 amide bonds. The topological polar surface area (TPSA) is 83.7 Å². The average molecular weight is 532 g/mol. The van der Waals surface area contributed by atoms with E-state index in [0.29, 0.717) is 17.0 Å². The number of piperidine rings is 1. The molecule has 7 nitrogen and oxygen atoms in total. The molecule has 0 N–H and O–H groups in total. The Hall–Kier alpha value is -3.15. The van der Waals surface area contributed by atoms with Gasteiger partial charge in [-0.15, -0.1) is 0 Å². The second-order valence-electron chi connectivity index (χ2n) is 8.72. The molecule has 0 atom stereocenters. The lowest BCUT2D eigenvalue weighted by Gasteiger charge is -2.32. The fourth-order valence-corrected chi connectivity index (χ4v) is 6.92. The first kappa shape index (κ1) is 24.5. The minimum absolute atomic E-state index is 0.0162. The molecule has 0 spiro atoms. The molecule has 1 fully saturated rings. The maximum atomic E-state index is 14.2. The summed E-state index contributed by atoms with van der Waals surface area (Å²) in [5, 5.41) is 0.536. The van der Waals surface area contributed by atoms with Crippen LogP contribution in [0.15, 0.2) is 64.1 Å². The van der Waals surface area contributed by atoms with Crippen molar-refractivity contribution >= 4 is 42.6 Å². The summed E-state index contributed by atoms with van der Waals surface area (Å²) < 4.78 is 61.2. The molecule has 1 saturated heterocycles. The molecule has 2 aromatic heterocycles. The molecule has 4 aromatic rings. The van der Waals surface area contributed by atoms with Crippen LogP contribution in [0.5, 0.6) is 0 Å². The van der Waals surface area contributed by atoms with Gasteiger partial charge in [0.25, 0.3) is 0 Å². The van der Waals surface area contributed by atoms with Gasteiger partial charge in [0, 0.05) is 19.0 Å². The Morgan fingerprint density at radius 1 is 1.17 bits per heavy atom. The number of aromatic nitrogens is 1. The van der Waals surface area contributed by atoms with Gasteiger partial charge in [-0.05, 0) is 67.8 Å². The molecule has 0 aliphatic carbocycles. The van der Waals surface area contributed by atoms with Crippen LogP contribution in [0.3, 0.4) is 0 Å². The smallest absolute Gasteiger partial charge is 0.246 e. The summed E-state index contributed by atoms with van der Waals surface area (Å²) in [6.07, 6.45) is 2.02. The number of hydrogen-bond acceptors (Lipinski definition) is 6. The van der Waals surface area contributed by atoms with Crippen molar-refractivity contribution in [2.45, 2.75) is 31.2 Å². The van der Waals surface area contributed by atoms with Crippen molar-refractivity contribution in [1.82, 2.24) is 9.29 Å². The molecule has 1 aliphatic heterocycles. The minimum Gasteiger partial charge on any atom is -0.467 e. The predicted octanol–water partition coefficient (Wildman–Crippen LogP) is 5.11. The predicted molar refractivity (Wildman–Crippen MR) is 132 cm³/mol. The van der Waals surface area contributed by atoms with Gasteiger partial charge in [-0.1, -0.05) is 17.4 Å². The second kappa shape index (κ2) is 9.72. The van der Waals surface area contributed by atoms with Crippen LogP contribution in [0.1, 0.15) is 24.2 Å². The lowest BCUT2D eigenvalue weighted by Crippen LogP contribution is -2.44. The summed E-state index contributed by atoms with van der Waals surface area (Å²) in [5.41, 5.74) is 1.88. The van der Waals surface area contributed by atoms with Gasteiger partial charge in [0.15, 0.2) is 5.13 Å². The minimum atomic E-state index is -4.23. The number of carbonyl (C=O) groups excluding carboxylic acids is 1. The van der Waals surface area contributed by atoms with Gasteiger partial charge in [-0.3, -0.25) is 9.69 Å². The van der Waals surface area contributed by atoms with Crippen LogP contribution in [0.4, 0.5) is 13.9 Å². The van der Waals surface area contributed by atoms with Crippen molar-refractivity contribution in [2.75, 3.05) is 18.0 Å². The number of fused-ring (bicyclic) bond motifs is 1. The van der Waals surface area contributed by atoms with E-state index in [1.165, 1.54) is 17.6 Å². The third-order valence-electron chi connectivity index (χ3n) is 6.24. The molecule has 5 rings (SSSR count). The molecule has 0 unspecified atom stereocenters. The Kier molecular flexibility index (Phi) is 6.62. The Bertz CT molecular complexity index is 1510. The molecule has 1 aliphatic rings. The highest BCUT2D eigenvalue weighted by Gasteiger charge is 2.36. The number of amides is 1. The summed E-state index contributed by atoms with van der Waals surface area (Å²) in [7, 11) is -4.23. The zero-order valence-electron chi connectivity index (χ0n) is 19.4. The summed E-state index contributed by atoms with van der Waals surface area (Å²) in [6, 6.07) is 11.8. The first-order chi connectivity index (χ1) is 17.2. The van der Waals surface area contributed by atoms with Crippen molar-refractivity contribution in [3.63, 3.8) is 0 Å². The summed E-state index contributed by atoms with van der Waals surface area (Å²) in [4.78, 5) is 19.2. The molecule has 0 saturated carbocycles. The lowest BCUT2D eigenvalue weighted by atomic mass is 9.96. The summed E-state index contributed by atoms with van der Waals surface area (Å²) >= 11 is 1.41. The van der Waals surface area contributed by atoms with Crippen LogP contribution in [0, 0.1) is 24.5 Å². The molecule has 0 radical (unpaired) electrons. The van der Waals surface area contributed by atoms with Crippen LogP contribution < -0.4 is 4.90 Å². The highest BCUT2D eigenvalue weighted by atomic mass is 32.2. The Balaban J connectivity index is 1.37. The Morgan fingerprint density at radius 2 is 1.94 bits per heavy atom. The van der Waals surface area contributed by atoms with E-state index < -0.39 is 32.5 Å². The third kappa shape index (κ3) is 4.78. The SMILES string of the molecule is Cc1ccc2nc(N(Cc3ccco3)C(=O)C3CCN(S(=O)(=O)c4cc(F)ccc4F)CC3)sc2c1. The van der Waals surface area contributed by atoms with Crippen molar-refractivity contribution in [3.8, 4) is 0 Å². The third-order valence-corrected chi connectivity index (χ3v) is 9.19. The number of aryl methyl sites for hydroxylation is 1. The van der Waals surface area contributed by atoms with Gasteiger partial charge in [-0.2, -0.15) is 4.31 Å². The van der Waals surface area contributed by atoms with Gasteiger partial charge < -0.3 is 4.42 Å². The lowest BCUT2D eigenvalue weighted by molar-refractivity contribution is -0.123. The van der Waals surface area contributed by atoms with Crippen LogP contribution in [0.2, 0.25) is 0 Å². The molecule has 11 heteroatoms. The van der Waals surface area contributed by atoms with E-state index in [0.717, 1.165) is 32.2 Å². The van der Waals surface area contributed by atoms with Gasteiger partial charge in [0.05, 0.1) is 23.0 Å². The molecule has 0 bridgehead atoms. The standard InChI is InChI=1S/C25H23F2N3O4S2/c1-16-4-7-21-22(13-16)35-25(28-21)30(15-19-3-2-12-34-19)24(31)17-8-10-29(11-9-17)36(32,33)23-14-18(26)5-6-20(23)27/h2-7,12-14,17H,8-11,15H2,1H3. The van der Waals surface area contributed by atoms with Crippen LogP contribution in [-0.2, 0) is 21.4 Å². The molecule has 188 valence electrons. The Morgan fingerprint density at radius 3 is 2.67 bits per heavy atom. The van der Waals surface area contributed by atoms with E-state index in [-0.39, 0.29) is 38.4 Å². The molecule has 36 heavy (non-hydrogen) atoms. The number of furan rings is 1. The molecular formula is C25H23F2N3O4S2. The maximum absolute atomic E-state index is 14.2. The first-order valence-electron chi connectivity index (χ1n) is 11.4. The zero-order chi connectivity index (χ0) is 25.4. The van der Waals surface area contributed by atoms with Crippen LogP contribution in [-0.4, -0.2) is 36.7 Å². The number of nitrogens with zero attached hydrogens (tertiary/aromatic N) is 3. The number of hydrogen-bond donors (Lipinski definition) is 0. The van der Waals surface area contributed by atoms with Crippen molar-refractivity contribution in [3.05, 3.63) is 77.8 Å². The van der Waals surface area contributed by atoms with Crippen molar-refractivity contribution in [1.29, 1.82) is 0 Å². The zero-order valence-corrected chi connectivity index (χ0v) is 21.0. The number of sulfonamides is 1. The quantitative estimate of drug-likeness (QED) is 0.345. The van der Waals surface area contributed by atoms with Gasteiger partial charge in [0.2, 0.25) is 15.9 Å². The molecule has 3 heterocycles. The molecule has 2 aromatic carbocycles. The normalized spacial score (nSPS) is 15.4. The largest absolute Gasteiger partial charge is 0.467 e. The Labute approximate surface area is 211 Å². The van der Waals surface area contributed by atoms with E-state index in [1.54, 1.807) is 17.0 Å². The first-order valence-corrected chi connectivity index (χ1v) is 13.6. The molecular weight excluding hydrogens is 508 g/mol. The number of thiazole rings is 1. The van der Waals surface area contributed by atoms with Crippen molar-refractivity contribution in [2.24, 2.45) is 5.92 Å². The van der Waals surface area contributed by atoms with E-state index in [4.69, 9.17) is 4.42 Å². The summed E-state index contributed by atoms with van der Waals surface area (Å²) in [5.74, 6) is -1.89. The fraction of sp³-hybridized carbons (Fsp3) is 0.280. The van der Waals surface area contributed by atoms with E-state index in [2.05, 4.69) is 4.98 Å². The maximum Gasteiger partial charge on any atom is 0.246 e. The van der Waals surface area contributed by atoms with Gasteiger partial charge >= 0.3 is 0 Å². The summed E-state index contributed by atoms with van der Waals surface area (Å²) in [6.45, 7) is 2.21. The van der Waals surface area contributed by atoms with E-state index >= 15 is 0 Å². The number of carbonyl (C=O) groups is 1. The van der Waals surface area contributed by atoms with Gasteiger partial charge in [0.1, 0.15) is 22.3 Å². The average Bonchev–Trinajstić information content (AvgIpc) is 3.53. The highest BCUT2D eigenvalue weighted by Crippen LogP contribution is 2.33. The van der Waals surface area contributed by atoms with Crippen LogP contribution in [0.25, 0.3) is 10.2 Å². The number of anilines is 1. The fourth-order valence-electron chi connectivity index (χ4n) is 4.31. The highest BCUT2D eigenvalue weighted by molar-refractivity contribution is 7.89. The monoisotopic (exact) mass is 531 g/mol. The van der Waals surface area contributed by atoms with E-state index in [9.17, 15) is 22.0 Å². The number of halogens is 2. The van der Waals surface area contributed by atoms with E-state index in [1.807, 2.05) is 25.1 Å². The van der Waals surface area contributed by atoms with Gasteiger partial charge in [-0.25, -0.2) is 22.2 Å². The number of benzene rings is 2. The van der Waals surface area contributed by atoms with Crippen molar-refractivity contribution < 1.29 is 26.4 Å².